The van der Waals surface area contributed by atoms with Gasteiger partial charge in [-0.2, -0.15) is 13.2 Å². The Hall–Kier alpha value is -2.58. The van der Waals surface area contributed by atoms with E-state index in [4.69, 9.17) is 0 Å². The number of hydrogen-bond acceptors (Lipinski definition) is 2. The van der Waals surface area contributed by atoms with Gasteiger partial charge in [0.05, 0.1) is 17.0 Å². The van der Waals surface area contributed by atoms with E-state index in [1.54, 1.807) is 18.3 Å². The molecule has 0 radical (unpaired) electrons. The molecule has 27 heavy (non-hydrogen) atoms. The Bertz CT molecular complexity index is 1010. The first-order valence-corrected chi connectivity index (χ1v) is 9.59. The van der Waals surface area contributed by atoms with E-state index in [-0.39, 0.29) is 6.54 Å². The van der Waals surface area contributed by atoms with E-state index in [0.717, 1.165) is 23.8 Å². The minimum absolute atomic E-state index is 0.117. The summed E-state index contributed by atoms with van der Waals surface area (Å²) in [5.74, 6) is 0. The van der Waals surface area contributed by atoms with Crippen molar-refractivity contribution in [1.29, 1.82) is 0 Å². The van der Waals surface area contributed by atoms with E-state index in [2.05, 4.69) is 4.72 Å². The van der Waals surface area contributed by atoms with Gasteiger partial charge in [0.1, 0.15) is 0 Å². The monoisotopic (exact) mass is 394 g/mol. The largest absolute Gasteiger partial charge is 0.417 e. The minimum Gasteiger partial charge on any atom is -0.346 e. The highest BCUT2D eigenvalue weighted by Crippen LogP contribution is 2.33. The molecule has 1 aromatic heterocycles. The molecule has 3 rings (SSSR count). The summed E-state index contributed by atoms with van der Waals surface area (Å²) in [4.78, 5) is -0.779. The molecule has 0 spiro atoms. The van der Waals surface area contributed by atoms with E-state index in [0.29, 0.717) is 12.2 Å². The topological polar surface area (TPSA) is 51.1 Å². The molecule has 3 aromatic rings. The molecule has 0 amide bonds. The van der Waals surface area contributed by atoms with Gasteiger partial charge in [0, 0.05) is 18.4 Å². The Labute approximate surface area is 155 Å². The third kappa shape index (κ3) is 4.58. The summed E-state index contributed by atoms with van der Waals surface area (Å²) in [5.41, 5.74) is 0.490. The summed E-state index contributed by atoms with van der Waals surface area (Å²) < 4.78 is 68.3. The molecule has 1 N–H and O–H groups in total. The molecule has 0 unspecified atom stereocenters. The molecule has 8 heteroatoms. The first-order chi connectivity index (χ1) is 12.8. The SMILES string of the molecule is O=S(=O)(NCc1cccn1Cc1ccccc1)c1ccccc1C(F)(F)F. The fourth-order valence-electron chi connectivity index (χ4n) is 2.73. The van der Waals surface area contributed by atoms with Gasteiger partial charge >= 0.3 is 6.18 Å². The number of nitrogens with zero attached hydrogens (tertiary/aromatic N) is 1. The molecule has 1 heterocycles. The standard InChI is InChI=1S/C19H17F3N2O2S/c20-19(21,22)17-10-4-5-11-18(17)27(25,26)23-13-16-9-6-12-24(16)14-15-7-2-1-3-8-15/h1-12,23H,13-14H2. The van der Waals surface area contributed by atoms with Crippen LogP contribution in [0.15, 0.2) is 77.8 Å². The van der Waals surface area contributed by atoms with E-state index in [1.807, 2.05) is 34.9 Å². The van der Waals surface area contributed by atoms with Gasteiger partial charge in [0.2, 0.25) is 10.0 Å². The second-order valence-corrected chi connectivity index (χ2v) is 7.67. The molecule has 0 saturated carbocycles. The molecule has 0 aliphatic heterocycles. The van der Waals surface area contributed by atoms with Gasteiger partial charge in [0.15, 0.2) is 0 Å². The average Bonchev–Trinajstić information content (AvgIpc) is 3.07. The Morgan fingerprint density at radius 2 is 1.56 bits per heavy atom. The van der Waals surface area contributed by atoms with Crippen LogP contribution in [0, 0.1) is 0 Å². The van der Waals surface area contributed by atoms with Crippen molar-refractivity contribution in [2.75, 3.05) is 0 Å². The number of halogens is 3. The maximum absolute atomic E-state index is 13.1. The first-order valence-electron chi connectivity index (χ1n) is 8.11. The maximum Gasteiger partial charge on any atom is 0.417 e. The predicted octanol–water partition coefficient (Wildman–Crippen LogP) is 4.03. The fraction of sp³-hybridized carbons (Fsp3) is 0.158. The summed E-state index contributed by atoms with van der Waals surface area (Å²) in [6.07, 6.45) is -2.96. The molecule has 0 aliphatic rings. The number of benzene rings is 2. The van der Waals surface area contributed by atoms with Gasteiger partial charge in [0.25, 0.3) is 0 Å². The van der Waals surface area contributed by atoms with Crippen molar-refractivity contribution in [2.24, 2.45) is 0 Å². The lowest BCUT2D eigenvalue weighted by Gasteiger charge is -2.14. The zero-order valence-electron chi connectivity index (χ0n) is 14.1. The number of hydrogen-bond donors (Lipinski definition) is 1. The lowest BCUT2D eigenvalue weighted by Crippen LogP contribution is -2.27. The van der Waals surface area contributed by atoms with Crippen molar-refractivity contribution >= 4 is 10.0 Å². The Morgan fingerprint density at radius 1 is 0.889 bits per heavy atom. The van der Waals surface area contributed by atoms with Crippen LogP contribution in [-0.2, 0) is 29.3 Å². The molecule has 2 aromatic carbocycles. The predicted molar refractivity (Wildman–Crippen MR) is 95.4 cm³/mol. The lowest BCUT2D eigenvalue weighted by molar-refractivity contribution is -0.139. The molecule has 142 valence electrons. The van der Waals surface area contributed by atoms with Crippen molar-refractivity contribution in [3.8, 4) is 0 Å². The van der Waals surface area contributed by atoms with E-state index in [9.17, 15) is 21.6 Å². The molecule has 4 nitrogen and oxygen atoms in total. The maximum atomic E-state index is 13.1. The summed E-state index contributed by atoms with van der Waals surface area (Å²) in [6, 6.07) is 17.2. The third-order valence-electron chi connectivity index (χ3n) is 4.04. The zero-order valence-corrected chi connectivity index (χ0v) is 15.0. The fourth-order valence-corrected chi connectivity index (χ4v) is 3.95. The highest BCUT2D eigenvalue weighted by Gasteiger charge is 2.36. The molecular weight excluding hydrogens is 377 g/mol. The van der Waals surface area contributed by atoms with Crippen LogP contribution < -0.4 is 4.72 Å². The first kappa shape index (κ1) is 19.2. The molecule has 0 aliphatic carbocycles. The average molecular weight is 394 g/mol. The van der Waals surface area contributed by atoms with Crippen LogP contribution >= 0.6 is 0 Å². The van der Waals surface area contributed by atoms with E-state index in [1.165, 1.54) is 6.07 Å². The van der Waals surface area contributed by atoms with Gasteiger partial charge in [-0.05, 0) is 29.8 Å². The minimum atomic E-state index is -4.75. The highest BCUT2D eigenvalue weighted by atomic mass is 32.2. The van der Waals surface area contributed by atoms with Crippen LogP contribution in [0.1, 0.15) is 16.8 Å². The van der Waals surface area contributed by atoms with Crippen LogP contribution in [0.4, 0.5) is 13.2 Å². The number of aromatic nitrogens is 1. The van der Waals surface area contributed by atoms with Crippen molar-refractivity contribution in [3.05, 3.63) is 89.7 Å². The van der Waals surface area contributed by atoms with Gasteiger partial charge < -0.3 is 4.57 Å². The molecule has 0 saturated heterocycles. The van der Waals surface area contributed by atoms with Crippen LogP contribution in [-0.4, -0.2) is 13.0 Å². The number of alkyl halides is 3. The quantitative estimate of drug-likeness (QED) is 0.686. The van der Waals surface area contributed by atoms with Crippen LogP contribution in [0.2, 0.25) is 0 Å². The Morgan fingerprint density at radius 3 is 2.26 bits per heavy atom. The van der Waals surface area contributed by atoms with Crippen molar-refractivity contribution in [2.45, 2.75) is 24.2 Å². The zero-order chi connectivity index (χ0) is 19.5. The normalized spacial score (nSPS) is 12.3. The summed E-state index contributed by atoms with van der Waals surface area (Å²) >= 11 is 0. The van der Waals surface area contributed by atoms with Crippen LogP contribution in [0.25, 0.3) is 0 Å². The van der Waals surface area contributed by atoms with Gasteiger partial charge in [-0.3, -0.25) is 0 Å². The van der Waals surface area contributed by atoms with Gasteiger partial charge in [-0.15, -0.1) is 0 Å². The number of nitrogens with one attached hydrogen (secondary N) is 1. The summed E-state index contributed by atoms with van der Waals surface area (Å²) in [5, 5.41) is 0. The number of sulfonamides is 1. The highest BCUT2D eigenvalue weighted by molar-refractivity contribution is 7.89. The van der Waals surface area contributed by atoms with E-state index < -0.39 is 26.7 Å². The van der Waals surface area contributed by atoms with Gasteiger partial charge in [-0.25, -0.2) is 13.1 Å². The van der Waals surface area contributed by atoms with Crippen molar-refractivity contribution in [3.63, 3.8) is 0 Å². The number of rotatable bonds is 6. The Kier molecular flexibility index (Phi) is 5.38. The van der Waals surface area contributed by atoms with Gasteiger partial charge in [-0.1, -0.05) is 42.5 Å². The van der Waals surface area contributed by atoms with Crippen molar-refractivity contribution in [1.82, 2.24) is 9.29 Å². The summed E-state index contributed by atoms with van der Waals surface area (Å²) in [6.45, 7) is 0.415. The lowest BCUT2D eigenvalue weighted by atomic mass is 10.2. The van der Waals surface area contributed by atoms with Crippen molar-refractivity contribution < 1.29 is 21.6 Å². The molecule has 0 bridgehead atoms. The van der Waals surface area contributed by atoms with E-state index >= 15 is 0 Å². The second kappa shape index (κ2) is 7.58. The second-order valence-electron chi connectivity index (χ2n) is 5.93. The van der Waals surface area contributed by atoms with Crippen LogP contribution in [0.5, 0.6) is 0 Å². The Balaban J connectivity index is 1.79. The van der Waals surface area contributed by atoms with Crippen LogP contribution in [0.3, 0.4) is 0 Å². The molecule has 0 atom stereocenters. The smallest absolute Gasteiger partial charge is 0.346 e. The third-order valence-corrected chi connectivity index (χ3v) is 5.50. The molecule has 0 fully saturated rings. The molecular formula is C19H17F3N2O2S. The summed E-state index contributed by atoms with van der Waals surface area (Å²) in [7, 11) is -4.32.